The molecule has 0 bridgehead atoms. The highest BCUT2D eigenvalue weighted by Crippen LogP contribution is 2.14. The van der Waals surface area contributed by atoms with Crippen molar-refractivity contribution in [2.45, 2.75) is 25.8 Å². The number of ether oxygens (including phenoxy) is 1. The molecule has 0 spiro atoms. The Bertz CT molecular complexity index is 208. The molecule has 0 aliphatic carbocycles. The monoisotopic (exact) mass is 250 g/mol. The van der Waals surface area contributed by atoms with Crippen molar-refractivity contribution < 1.29 is 9.53 Å². The molecule has 2 atom stereocenters. The number of nitrogens with zero attached hydrogens (tertiary/aromatic N) is 1. The molecule has 1 aliphatic rings. The van der Waals surface area contributed by atoms with Crippen molar-refractivity contribution in [1.29, 1.82) is 0 Å². The first-order chi connectivity index (χ1) is 7.16. The summed E-state index contributed by atoms with van der Waals surface area (Å²) in [6, 6.07) is 0.157. The second kappa shape index (κ2) is 7.87. The van der Waals surface area contributed by atoms with Gasteiger partial charge in [0.2, 0.25) is 5.91 Å². The van der Waals surface area contributed by atoms with Crippen molar-refractivity contribution in [3.05, 3.63) is 0 Å². The maximum atomic E-state index is 12.0. The minimum absolute atomic E-state index is 0. The van der Waals surface area contributed by atoms with Gasteiger partial charge in [0.15, 0.2) is 0 Å². The van der Waals surface area contributed by atoms with Gasteiger partial charge >= 0.3 is 0 Å². The third kappa shape index (κ3) is 4.28. The summed E-state index contributed by atoms with van der Waals surface area (Å²) >= 11 is 0. The maximum Gasteiger partial charge on any atom is 0.227 e. The Hall–Kier alpha value is -0.320. The molecule has 1 saturated heterocycles. The van der Waals surface area contributed by atoms with E-state index in [1.807, 2.05) is 14.0 Å². The van der Waals surface area contributed by atoms with Crippen LogP contribution >= 0.6 is 12.4 Å². The van der Waals surface area contributed by atoms with E-state index in [-0.39, 0.29) is 30.3 Å². The van der Waals surface area contributed by atoms with Gasteiger partial charge < -0.3 is 15.0 Å². The summed E-state index contributed by atoms with van der Waals surface area (Å²) < 4.78 is 5.05. The Kier molecular flexibility index (Phi) is 7.72. The normalized spacial score (nSPS) is 22.1. The summed E-state index contributed by atoms with van der Waals surface area (Å²) in [6.45, 7) is 4.48. The van der Waals surface area contributed by atoms with E-state index in [0.717, 1.165) is 25.9 Å². The minimum Gasteiger partial charge on any atom is -0.383 e. The number of amides is 1. The average molecular weight is 251 g/mol. The van der Waals surface area contributed by atoms with E-state index < -0.39 is 0 Å². The standard InChI is InChI=1S/C11H22N2O2.ClH/c1-9(8-15-3)13(2)11(14)10-5-4-6-12-7-10;/h9-10,12H,4-8H2,1-3H3;1H/t9?,10-;/m1./s1. The van der Waals surface area contributed by atoms with E-state index in [2.05, 4.69) is 5.32 Å². The number of hydrogen-bond donors (Lipinski definition) is 1. The van der Waals surface area contributed by atoms with Gasteiger partial charge in [0, 0.05) is 20.7 Å². The second-order valence-corrected chi connectivity index (χ2v) is 4.30. The largest absolute Gasteiger partial charge is 0.383 e. The fourth-order valence-corrected chi connectivity index (χ4v) is 1.92. The summed E-state index contributed by atoms with van der Waals surface area (Å²) in [5.41, 5.74) is 0. The van der Waals surface area contributed by atoms with E-state index in [0.29, 0.717) is 6.61 Å². The molecule has 1 unspecified atom stereocenters. The first kappa shape index (κ1) is 15.7. The van der Waals surface area contributed by atoms with Gasteiger partial charge in [-0.2, -0.15) is 0 Å². The summed E-state index contributed by atoms with van der Waals surface area (Å²) in [7, 11) is 3.53. The SMILES string of the molecule is COCC(C)N(C)C(=O)[C@@H]1CCCNC1.Cl. The molecule has 96 valence electrons. The van der Waals surface area contributed by atoms with Gasteiger partial charge in [0.05, 0.1) is 18.6 Å². The van der Waals surface area contributed by atoms with E-state index in [1.165, 1.54) is 0 Å². The van der Waals surface area contributed by atoms with Gasteiger partial charge in [-0.1, -0.05) is 0 Å². The van der Waals surface area contributed by atoms with Crippen LogP contribution in [0.1, 0.15) is 19.8 Å². The number of nitrogens with one attached hydrogen (secondary N) is 1. The van der Waals surface area contributed by atoms with Crippen LogP contribution in [0, 0.1) is 5.92 Å². The zero-order valence-corrected chi connectivity index (χ0v) is 11.2. The fraction of sp³-hybridized carbons (Fsp3) is 0.909. The van der Waals surface area contributed by atoms with Crippen LogP contribution in [0.2, 0.25) is 0 Å². The number of piperidine rings is 1. The molecule has 1 amide bonds. The van der Waals surface area contributed by atoms with Gasteiger partial charge in [-0.05, 0) is 26.3 Å². The number of carbonyl (C=O) groups excluding carboxylic acids is 1. The van der Waals surface area contributed by atoms with Gasteiger partial charge in [-0.15, -0.1) is 12.4 Å². The molecule has 0 saturated carbocycles. The van der Waals surface area contributed by atoms with Gasteiger partial charge in [0.25, 0.3) is 0 Å². The molecule has 0 aromatic rings. The van der Waals surface area contributed by atoms with Crippen LogP contribution in [-0.4, -0.2) is 50.7 Å². The molecule has 16 heavy (non-hydrogen) atoms. The molecular weight excluding hydrogens is 228 g/mol. The molecule has 5 heteroatoms. The van der Waals surface area contributed by atoms with Crippen molar-refractivity contribution in [3.63, 3.8) is 0 Å². The molecule has 1 rings (SSSR count). The Morgan fingerprint density at radius 2 is 2.31 bits per heavy atom. The molecule has 4 nitrogen and oxygen atoms in total. The molecule has 1 heterocycles. The van der Waals surface area contributed by atoms with E-state index in [4.69, 9.17) is 4.74 Å². The predicted octanol–water partition coefficient (Wildman–Crippen LogP) is 0.901. The molecule has 1 fully saturated rings. The van der Waals surface area contributed by atoms with Crippen LogP contribution in [0.4, 0.5) is 0 Å². The topological polar surface area (TPSA) is 41.6 Å². The van der Waals surface area contributed by atoms with Gasteiger partial charge in [-0.25, -0.2) is 0 Å². The van der Waals surface area contributed by atoms with Gasteiger partial charge in [-0.3, -0.25) is 4.79 Å². The summed E-state index contributed by atoms with van der Waals surface area (Å²) in [6.07, 6.45) is 2.11. The van der Waals surface area contributed by atoms with Crippen LogP contribution in [-0.2, 0) is 9.53 Å². The zero-order chi connectivity index (χ0) is 11.3. The van der Waals surface area contributed by atoms with Crippen LogP contribution < -0.4 is 5.32 Å². The molecule has 0 aromatic carbocycles. The Morgan fingerprint density at radius 1 is 1.62 bits per heavy atom. The maximum absolute atomic E-state index is 12.0. The zero-order valence-electron chi connectivity index (χ0n) is 10.4. The fourth-order valence-electron chi connectivity index (χ4n) is 1.92. The second-order valence-electron chi connectivity index (χ2n) is 4.30. The van der Waals surface area contributed by atoms with Crippen molar-refractivity contribution in [3.8, 4) is 0 Å². The van der Waals surface area contributed by atoms with E-state index >= 15 is 0 Å². The minimum atomic E-state index is 0. The lowest BCUT2D eigenvalue weighted by Crippen LogP contribution is -2.45. The summed E-state index contributed by atoms with van der Waals surface area (Å²) in [5.74, 6) is 0.398. The molecule has 0 radical (unpaired) electrons. The quantitative estimate of drug-likeness (QED) is 0.806. The number of methoxy groups -OCH3 is 1. The highest BCUT2D eigenvalue weighted by atomic mass is 35.5. The highest BCUT2D eigenvalue weighted by molar-refractivity contribution is 5.85. The number of rotatable bonds is 4. The lowest BCUT2D eigenvalue weighted by Gasteiger charge is -2.30. The highest BCUT2D eigenvalue weighted by Gasteiger charge is 2.26. The molecule has 0 aromatic heterocycles. The number of halogens is 1. The first-order valence-corrected chi connectivity index (χ1v) is 5.63. The van der Waals surface area contributed by atoms with Crippen LogP contribution in [0.3, 0.4) is 0 Å². The van der Waals surface area contributed by atoms with Crippen LogP contribution in [0.15, 0.2) is 0 Å². The predicted molar refractivity (Wildman–Crippen MR) is 66.9 cm³/mol. The average Bonchev–Trinajstić information content (AvgIpc) is 2.28. The lowest BCUT2D eigenvalue weighted by molar-refractivity contribution is -0.137. The Labute approximate surface area is 104 Å². The smallest absolute Gasteiger partial charge is 0.227 e. The van der Waals surface area contributed by atoms with Crippen LogP contribution in [0.5, 0.6) is 0 Å². The van der Waals surface area contributed by atoms with Crippen LogP contribution in [0.25, 0.3) is 0 Å². The third-order valence-corrected chi connectivity index (χ3v) is 3.06. The van der Waals surface area contributed by atoms with Gasteiger partial charge in [0.1, 0.15) is 0 Å². The Balaban J connectivity index is 0.00000225. The lowest BCUT2D eigenvalue weighted by atomic mass is 9.98. The Morgan fingerprint density at radius 3 is 2.81 bits per heavy atom. The van der Waals surface area contributed by atoms with Crippen molar-refractivity contribution in [2.75, 3.05) is 33.9 Å². The number of hydrogen-bond acceptors (Lipinski definition) is 3. The first-order valence-electron chi connectivity index (χ1n) is 5.63. The molecular formula is C11H23ClN2O2. The number of carbonyl (C=O) groups is 1. The van der Waals surface area contributed by atoms with Crippen molar-refractivity contribution >= 4 is 18.3 Å². The summed E-state index contributed by atoms with van der Waals surface area (Å²) in [5, 5.41) is 3.26. The van der Waals surface area contributed by atoms with Crippen molar-refractivity contribution in [2.24, 2.45) is 5.92 Å². The van der Waals surface area contributed by atoms with E-state index in [9.17, 15) is 4.79 Å². The summed E-state index contributed by atoms with van der Waals surface area (Å²) in [4.78, 5) is 13.9. The number of likely N-dealkylation sites (N-methyl/N-ethyl adjacent to an activating group) is 1. The van der Waals surface area contributed by atoms with E-state index in [1.54, 1.807) is 12.0 Å². The van der Waals surface area contributed by atoms with Crippen molar-refractivity contribution in [1.82, 2.24) is 10.2 Å². The third-order valence-electron chi connectivity index (χ3n) is 3.06. The molecule has 1 N–H and O–H groups in total. The molecule has 1 aliphatic heterocycles.